The summed E-state index contributed by atoms with van der Waals surface area (Å²) < 4.78 is 5.80. The third-order valence-corrected chi connectivity index (χ3v) is 3.62. The van der Waals surface area contributed by atoms with Crippen molar-refractivity contribution in [1.82, 2.24) is 10.2 Å². The first-order valence-corrected chi connectivity index (χ1v) is 5.87. The maximum absolute atomic E-state index is 5.80. The molecule has 2 saturated heterocycles. The third kappa shape index (κ3) is 2.10. The predicted molar refractivity (Wildman–Crippen MR) is 57.5 cm³/mol. The van der Waals surface area contributed by atoms with Crippen molar-refractivity contribution in [3.63, 3.8) is 0 Å². The molecule has 3 heteroatoms. The van der Waals surface area contributed by atoms with Crippen molar-refractivity contribution in [2.24, 2.45) is 0 Å². The summed E-state index contributed by atoms with van der Waals surface area (Å²) >= 11 is 0. The molecule has 2 heterocycles. The van der Waals surface area contributed by atoms with E-state index in [1.54, 1.807) is 0 Å². The molecule has 3 unspecified atom stereocenters. The monoisotopic (exact) mass is 198 g/mol. The molecule has 2 rings (SSSR count). The molecule has 82 valence electrons. The second kappa shape index (κ2) is 4.60. The molecule has 0 radical (unpaired) electrons. The zero-order valence-electron chi connectivity index (χ0n) is 9.33. The van der Waals surface area contributed by atoms with Gasteiger partial charge in [0.05, 0.1) is 12.7 Å². The Labute approximate surface area is 86.8 Å². The second-order valence-corrected chi connectivity index (χ2v) is 4.58. The summed E-state index contributed by atoms with van der Waals surface area (Å²) in [5, 5.41) is 3.40. The Kier molecular flexibility index (Phi) is 3.42. The van der Waals surface area contributed by atoms with E-state index < -0.39 is 0 Å². The number of rotatable bonds is 2. The maximum Gasteiger partial charge on any atom is 0.0852 e. The van der Waals surface area contributed by atoms with Gasteiger partial charge in [0, 0.05) is 25.2 Å². The average molecular weight is 198 g/mol. The molecule has 0 bridgehead atoms. The van der Waals surface area contributed by atoms with Gasteiger partial charge in [0.25, 0.3) is 0 Å². The summed E-state index contributed by atoms with van der Waals surface area (Å²) in [5.41, 5.74) is 0. The van der Waals surface area contributed by atoms with Crippen LogP contribution in [0, 0.1) is 0 Å². The number of likely N-dealkylation sites (tertiary alicyclic amines) is 1. The zero-order chi connectivity index (χ0) is 9.97. The van der Waals surface area contributed by atoms with Crippen molar-refractivity contribution in [3.05, 3.63) is 0 Å². The number of ether oxygens (including phenoxy) is 1. The van der Waals surface area contributed by atoms with Crippen LogP contribution in [0.2, 0.25) is 0 Å². The van der Waals surface area contributed by atoms with Crippen LogP contribution in [0.5, 0.6) is 0 Å². The van der Waals surface area contributed by atoms with E-state index in [1.807, 2.05) is 0 Å². The van der Waals surface area contributed by atoms with Gasteiger partial charge in [0.1, 0.15) is 0 Å². The van der Waals surface area contributed by atoms with Crippen LogP contribution in [0.15, 0.2) is 0 Å². The van der Waals surface area contributed by atoms with Crippen LogP contribution in [0.4, 0.5) is 0 Å². The van der Waals surface area contributed by atoms with Crippen molar-refractivity contribution < 1.29 is 4.74 Å². The summed E-state index contributed by atoms with van der Waals surface area (Å²) in [5.74, 6) is 0. The van der Waals surface area contributed by atoms with Gasteiger partial charge in [-0.1, -0.05) is 0 Å². The molecular formula is C11H22N2O. The number of nitrogens with zero attached hydrogens (tertiary/aromatic N) is 1. The first-order chi connectivity index (χ1) is 6.79. The van der Waals surface area contributed by atoms with Crippen molar-refractivity contribution in [1.29, 1.82) is 0 Å². The topological polar surface area (TPSA) is 24.5 Å². The molecule has 0 saturated carbocycles. The van der Waals surface area contributed by atoms with Gasteiger partial charge in [-0.15, -0.1) is 0 Å². The molecule has 3 nitrogen and oxygen atoms in total. The standard InChI is InChI=1S/C11H22N2O/c1-9-4-3-6-13(9)10(2)11-8-12-5-7-14-11/h9-12H,3-8H2,1-2H3. The van der Waals surface area contributed by atoms with Crippen molar-refractivity contribution in [2.75, 3.05) is 26.2 Å². The Bertz CT molecular complexity index is 180. The molecule has 3 atom stereocenters. The smallest absolute Gasteiger partial charge is 0.0852 e. The van der Waals surface area contributed by atoms with Gasteiger partial charge >= 0.3 is 0 Å². The Morgan fingerprint density at radius 3 is 2.93 bits per heavy atom. The van der Waals surface area contributed by atoms with Gasteiger partial charge in [-0.25, -0.2) is 0 Å². The van der Waals surface area contributed by atoms with E-state index in [0.717, 1.165) is 25.7 Å². The Morgan fingerprint density at radius 1 is 1.50 bits per heavy atom. The lowest BCUT2D eigenvalue weighted by molar-refractivity contribution is -0.0278. The maximum atomic E-state index is 5.80. The van der Waals surface area contributed by atoms with E-state index in [0.29, 0.717) is 12.1 Å². The largest absolute Gasteiger partial charge is 0.374 e. The van der Waals surface area contributed by atoms with Gasteiger partial charge in [-0.2, -0.15) is 0 Å². The molecule has 0 aromatic carbocycles. The van der Waals surface area contributed by atoms with E-state index in [4.69, 9.17) is 4.74 Å². The summed E-state index contributed by atoms with van der Waals surface area (Å²) in [6, 6.07) is 1.32. The SMILES string of the molecule is CC1CCCN1C(C)C1CNCCO1. The van der Waals surface area contributed by atoms with E-state index >= 15 is 0 Å². The summed E-state index contributed by atoms with van der Waals surface area (Å²) in [7, 11) is 0. The minimum atomic E-state index is 0.393. The quantitative estimate of drug-likeness (QED) is 0.712. The van der Waals surface area contributed by atoms with Crippen LogP contribution >= 0.6 is 0 Å². The summed E-state index contributed by atoms with van der Waals surface area (Å²) in [6.45, 7) is 8.79. The van der Waals surface area contributed by atoms with E-state index in [1.165, 1.54) is 19.4 Å². The van der Waals surface area contributed by atoms with Crippen molar-refractivity contribution in [3.8, 4) is 0 Å². The molecule has 0 aliphatic carbocycles. The number of nitrogens with one attached hydrogen (secondary N) is 1. The van der Waals surface area contributed by atoms with Gasteiger partial charge < -0.3 is 10.1 Å². The predicted octanol–water partition coefficient (Wildman–Crippen LogP) is 0.848. The molecule has 2 fully saturated rings. The van der Waals surface area contributed by atoms with Gasteiger partial charge in [-0.3, -0.25) is 4.90 Å². The fraction of sp³-hybridized carbons (Fsp3) is 1.00. The fourth-order valence-electron chi connectivity index (χ4n) is 2.67. The lowest BCUT2D eigenvalue weighted by atomic mass is 10.1. The highest BCUT2D eigenvalue weighted by molar-refractivity contribution is 4.86. The van der Waals surface area contributed by atoms with Crippen molar-refractivity contribution >= 4 is 0 Å². The highest BCUT2D eigenvalue weighted by Gasteiger charge is 2.31. The van der Waals surface area contributed by atoms with Crippen LogP contribution in [0.1, 0.15) is 26.7 Å². The van der Waals surface area contributed by atoms with Crippen LogP contribution in [-0.4, -0.2) is 49.3 Å². The average Bonchev–Trinajstić information content (AvgIpc) is 2.65. The Morgan fingerprint density at radius 2 is 2.36 bits per heavy atom. The molecule has 0 amide bonds. The Hall–Kier alpha value is -0.120. The van der Waals surface area contributed by atoms with Crippen LogP contribution < -0.4 is 5.32 Å². The zero-order valence-corrected chi connectivity index (χ0v) is 9.33. The number of morpholine rings is 1. The van der Waals surface area contributed by atoms with Gasteiger partial charge in [-0.05, 0) is 33.2 Å². The minimum absolute atomic E-state index is 0.393. The molecule has 1 N–H and O–H groups in total. The second-order valence-electron chi connectivity index (χ2n) is 4.58. The Balaban J connectivity index is 1.89. The molecule has 2 aliphatic heterocycles. The van der Waals surface area contributed by atoms with Gasteiger partial charge in [0.2, 0.25) is 0 Å². The highest BCUT2D eigenvalue weighted by atomic mass is 16.5. The molecule has 0 spiro atoms. The molecule has 0 aromatic rings. The van der Waals surface area contributed by atoms with E-state index in [9.17, 15) is 0 Å². The molecule has 2 aliphatic rings. The van der Waals surface area contributed by atoms with Crippen LogP contribution in [0.25, 0.3) is 0 Å². The molecule has 0 aromatic heterocycles. The van der Waals surface area contributed by atoms with Crippen LogP contribution in [-0.2, 0) is 4.74 Å². The summed E-state index contributed by atoms with van der Waals surface area (Å²) in [6.07, 6.45) is 3.10. The van der Waals surface area contributed by atoms with E-state index in [2.05, 4.69) is 24.1 Å². The normalized spacial score (nSPS) is 37.3. The minimum Gasteiger partial charge on any atom is -0.374 e. The van der Waals surface area contributed by atoms with E-state index in [-0.39, 0.29) is 0 Å². The third-order valence-electron chi connectivity index (χ3n) is 3.62. The van der Waals surface area contributed by atoms with Crippen molar-refractivity contribution in [2.45, 2.75) is 44.9 Å². The molecular weight excluding hydrogens is 176 g/mol. The lowest BCUT2D eigenvalue weighted by Gasteiger charge is -2.36. The van der Waals surface area contributed by atoms with Gasteiger partial charge in [0.15, 0.2) is 0 Å². The first-order valence-electron chi connectivity index (χ1n) is 5.87. The lowest BCUT2D eigenvalue weighted by Crippen LogP contribution is -2.51. The number of hydrogen-bond donors (Lipinski definition) is 1. The number of hydrogen-bond acceptors (Lipinski definition) is 3. The highest BCUT2D eigenvalue weighted by Crippen LogP contribution is 2.22. The summed E-state index contributed by atoms with van der Waals surface area (Å²) in [4.78, 5) is 2.59. The molecule has 14 heavy (non-hydrogen) atoms. The van der Waals surface area contributed by atoms with Crippen LogP contribution in [0.3, 0.4) is 0 Å². The first kappa shape index (κ1) is 10.4. The fourth-order valence-corrected chi connectivity index (χ4v) is 2.67.